The minimum Gasteiger partial charge on any atom is -0.492 e. The predicted octanol–water partition coefficient (Wildman–Crippen LogP) is 4.39. The van der Waals surface area contributed by atoms with Crippen LogP contribution in [0, 0.1) is 13.8 Å². The van der Waals surface area contributed by atoms with Crippen molar-refractivity contribution >= 4 is 34.0 Å². The zero-order valence-corrected chi connectivity index (χ0v) is 17.2. The summed E-state index contributed by atoms with van der Waals surface area (Å²) in [5.41, 5.74) is 3.52. The van der Waals surface area contributed by atoms with Crippen LogP contribution in [0.15, 0.2) is 24.4 Å². The van der Waals surface area contributed by atoms with Gasteiger partial charge in [0.05, 0.1) is 23.7 Å². The molecule has 1 N–H and O–H groups in total. The van der Waals surface area contributed by atoms with Gasteiger partial charge in [-0.05, 0) is 39.8 Å². The van der Waals surface area contributed by atoms with Gasteiger partial charge in [-0.3, -0.25) is 9.20 Å². The van der Waals surface area contributed by atoms with E-state index >= 15 is 0 Å². The number of rotatable bonds is 5. The molecular formula is C21H23N3O3S. The molecule has 0 aliphatic carbocycles. The Morgan fingerprint density at radius 1 is 1.46 bits per heavy atom. The largest absolute Gasteiger partial charge is 0.492 e. The third-order valence-electron chi connectivity index (χ3n) is 4.61. The number of aryl methyl sites for hydroxylation is 2. The van der Waals surface area contributed by atoms with Crippen LogP contribution < -0.4 is 14.8 Å². The average Bonchev–Trinajstić information content (AvgIpc) is 3.24. The Labute approximate surface area is 167 Å². The zero-order valence-electron chi connectivity index (χ0n) is 16.4. The van der Waals surface area contributed by atoms with E-state index in [0.29, 0.717) is 18.0 Å². The normalized spacial score (nSPS) is 15.8. The van der Waals surface area contributed by atoms with Crippen molar-refractivity contribution in [2.24, 2.45) is 0 Å². The van der Waals surface area contributed by atoms with Gasteiger partial charge >= 0.3 is 0 Å². The number of fused-ring (bicyclic) bond motifs is 2. The first-order chi connectivity index (χ1) is 13.4. The van der Waals surface area contributed by atoms with E-state index in [1.165, 1.54) is 11.0 Å². The minimum atomic E-state index is -0.228. The van der Waals surface area contributed by atoms with Crippen molar-refractivity contribution in [1.29, 1.82) is 0 Å². The van der Waals surface area contributed by atoms with E-state index in [1.54, 1.807) is 17.4 Å². The Morgan fingerprint density at radius 2 is 2.29 bits per heavy atom. The van der Waals surface area contributed by atoms with Crippen LogP contribution >= 0.6 is 11.3 Å². The fourth-order valence-corrected chi connectivity index (χ4v) is 4.30. The van der Waals surface area contributed by atoms with E-state index in [4.69, 9.17) is 9.47 Å². The van der Waals surface area contributed by atoms with Crippen LogP contribution in [0.1, 0.15) is 35.7 Å². The number of nitrogens with zero attached hydrogens (tertiary/aromatic N) is 2. The Balaban J connectivity index is 1.57. The highest BCUT2D eigenvalue weighted by molar-refractivity contribution is 7.17. The number of amides is 1. The van der Waals surface area contributed by atoms with Gasteiger partial charge in [-0.2, -0.15) is 0 Å². The van der Waals surface area contributed by atoms with Gasteiger partial charge in [0.2, 0.25) is 5.91 Å². The van der Waals surface area contributed by atoms with E-state index in [9.17, 15) is 4.79 Å². The monoisotopic (exact) mass is 397 g/mol. The van der Waals surface area contributed by atoms with Crippen molar-refractivity contribution in [3.8, 4) is 11.5 Å². The minimum absolute atomic E-state index is 0.136. The molecule has 0 saturated carbocycles. The number of carbonyl (C=O) groups is 1. The summed E-state index contributed by atoms with van der Waals surface area (Å²) in [5.74, 6) is 1.24. The van der Waals surface area contributed by atoms with E-state index < -0.39 is 0 Å². The number of carbonyl (C=O) groups excluding carboxylic acids is 1. The highest BCUT2D eigenvalue weighted by Gasteiger charge is 2.22. The maximum Gasteiger partial charge on any atom is 0.248 e. The van der Waals surface area contributed by atoms with Crippen LogP contribution in [0.2, 0.25) is 0 Å². The summed E-state index contributed by atoms with van der Waals surface area (Å²) in [5, 5.41) is 2.92. The average molecular weight is 398 g/mol. The van der Waals surface area contributed by atoms with Crippen LogP contribution in [0.25, 0.3) is 11.0 Å². The maximum atomic E-state index is 12.6. The van der Waals surface area contributed by atoms with Gasteiger partial charge in [-0.15, -0.1) is 11.3 Å². The first-order valence-electron chi connectivity index (χ1n) is 9.35. The van der Waals surface area contributed by atoms with E-state index in [0.717, 1.165) is 34.1 Å². The summed E-state index contributed by atoms with van der Waals surface area (Å²) in [6, 6.07) is 3.81. The lowest BCUT2D eigenvalue weighted by atomic mass is 10.1. The molecule has 2 aromatic heterocycles. The molecule has 1 aliphatic heterocycles. The highest BCUT2D eigenvalue weighted by Crippen LogP contribution is 2.38. The number of benzene rings is 1. The fraction of sp³-hybridized carbons (Fsp3) is 0.333. The molecule has 146 valence electrons. The van der Waals surface area contributed by atoms with Crippen LogP contribution in [0.3, 0.4) is 0 Å². The number of nitrogens with one attached hydrogen (secondary N) is 1. The van der Waals surface area contributed by atoms with E-state index in [2.05, 4.69) is 10.3 Å². The number of thiazole rings is 1. The molecule has 1 unspecified atom stereocenters. The third-order valence-corrected chi connectivity index (χ3v) is 5.51. The summed E-state index contributed by atoms with van der Waals surface area (Å²) in [6.45, 7) is 8.47. The quantitative estimate of drug-likeness (QED) is 0.649. The van der Waals surface area contributed by atoms with Gasteiger partial charge in [0, 0.05) is 35.2 Å². The number of aromatic nitrogens is 2. The molecule has 1 amide bonds. The van der Waals surface area contributed by atoms with Crippen molar-refractivity contribution in [1.82, 2.24) is 9.38 Å². The topological polar surface area (TPSA) is 64.9 Å². The van der Waals surface area contributed by atoms with Gasteiger partial charge in [0.25, 0.3) is 0 Å². The lowest BCUT2D eigenvalue weighted by Crippen LogP contribution is -2.10. The zero-order chi connectivity index (χ0) is 19.8. The molecule has 28 heavy (non-hydrogen) atoms. The van der Waals surface area contributed by atoms with Gasteiger partial charge in [-0.1, -0.05) is 0 Å². The molecule has 4 rings (SSSR count). The lowest BCUT2D eigenvalue weighted by molar-refractivity contribution is -0.111. The number of imidazole rings is 1. The molecule has 0 spiro atoms. The SMILES string of the molecule is CCOc1cc2c(cc1NC(=O)/C=C/c1c(C)nc3sc(C)cn13)OC(C)C2. The molecule has 7 heteroatoms. The maximum absolute atomic E-state index is 12.6. The fourth-order valence-electron chi connectivity index (χ4n) is 3.42. The molecular weight excluding hydrogens is 374 g/mol. The molecule has 1 aromatic carbocycles. The Morgan fingerprint density at radius 3 is 3.07 bits per heavy atom. The Bertz CT molecular complexity index is 1080. The summed E-state index contributed by atoms with van der Waals surface area (Å²) < 4.78 is 13.5. The number of ether oxygens (including phenoxy) is 2. The highest BCUT2D eigenvalue weighted by atomic mass is 32.1. The second-order valence-electron chi connectivity index (χ2n) is 6.92. The standard InChI is InChI=1S/C21H23N3O3S/c1-5-26-19-9-15-8-12(2)27-18(15)10-16(19)23-20(25)7-6-17-14(4)22-21-24(17)11-13(3)28-21/h6-7,9-12H,5,8H2,1-4H3,(H,23,25)/b7-6+. The van der Waals surface area contributed by atoms with Crippen molar-refractivity contribution in [2.75, 3.05) is 11.9 Å². The first-order valence-corrected chi connectivity index (χ1v) is 10.2. The van der Waals surface area contributed by atoms with Gasteiger partial charge in [0.15, 0.2) is 4.96 Å². The van der Waals surface area contributed by atoms with Crippen LogP contribution in [0.4, 0.5) is 5.69 Å². The number of anilines is 1. The van der Waals surface area contributed by atoms with Crippen molar-refractivity contribution in [2.45, 2.75) is 40.2 Å². The lowest BCUT2D eigenvalue weighted by Gasteiger charge is -2.12. The van der Waals surface area contributed by atoms with E-state index in [1.807, 2.05) is 50.4 Å². The second-order valence-corrected chi connectivity index (χ2v) is 8.13. The molecule has 6 nitrogen and oxygen atoms in total. The third kappa shape index (κ3) is 3.49. The Hall–Kier alpha value is -2.80. The summed E-state index contributed by atoms with van der Waals surface area (Å²) >= 11 is 1.63. The van der Waals surface area contributed by atoms with Crippen LogP contribution in [-0.4, -0.2) is 28.0 Å². The molecule has 3 aromatic rings. The number of hydrogen-bond acceptors (Lipinski definition) is 5. The Kier molecular flexibility index (Phi) is 4.85. The van der Waals surface area contributed by atoms with Gasteiger partial charge in [0.1, 0.15) is 17.6 Å². The van der Waals surface area contributed by atoms with Gasteiger partial charge in [-0.25, -0.2) is 4.98 Å². The molecule has 0 bridgehead atoms. The smallest absolute Gasteiger partial charge is 0.248 e. The molecule has 0 saturated heterocycles. The molecule has 0 fully saturated rings. The first kappa shape index (κ1) is 18.6. The van der Waals surface area contributed by atoms with E-state index in [-0.39, 0.29) is 12.0 Å². The predicted molar refractivity (Wildman–Crippen MR) is 112 cm³/mol. The molecule has 1 atom stereocenters. The van der Waals surface area contributed by atoms with Gasteiger partial charge < -0.3 is 14.8 Å². The molecule has 3 heterocycles. The van der Waals surface area contributed by atoms with Crippen LogP contribution in [0.5, 0.6) is 11.5 Å². The van der Waals surface area contributed by atoms with Crippen LogP contribution in [-0.2, 0) is 11.2 Å². The molecule has 0 radical (unpaired) electrons. The molecule has 1 aliphatic rings. The summed E-state index contributed by atoms with van der Waals surface area (Å²) in [4.78, 5) is 19.2. The van der Waals surface area contributed by atoms with Crippen molar-refractivity contribution < 1.29 is 14.3 Å². The van der Waals surface area contributed by atoms with Crippen molar-refractivity contribution in [3.63, 3.8) is 0 Å². The summed E-state index contributed by atoms with van der Waals surface area (Å²) in [7, 11) is 0. The second kappa shape index (κ2) is 7.31. The number of hydrogen-bond donors (Lipinski definition) is 1. The van der Waals surface area contributed by atoms with Crippen molar-refractivity contribution in [3.05, 3.63) is 46.2 Å². The summed E-state index contributed by atoms with van der Waals surface area (Å²) in [6.07, 6.45) is 6.33.